The molecule has 0 amide bonds. The van der Waals surface area contributed by atoms with Crippen LogP contribution in [0, 0.1) is 5.82 Å². The molecule has 0 saturated carbocycles. The number of rotatable bonds is 3. The maximum absolute atomic E-state index is 14.1. The van der Waals surface area contributed by atoms with Crippen LogP contribution in [0.1, 0.15) is 17.4 Å². The summed E-state index contributed by atoms with van der Waals surface area (Å²) in [5, 5.41) is 14.7. The highest BCUT2D eigenvalue weighted by atomic mass is 79.9. The van der Waals surface area contributed by atoms with E-state index >= 15 is 0 Å². The van der Waals surface area contributed by atoms with Gasteiger partial charge in [0.25, 0.3) is 0 Å². The maximum atomic E-state index is 14.1. The molecule has 0 bridgehead atoms. The molecule has 1 heterocycles. The highest BCUT2D eigenvalue weighted by molar-refractivity contribution is 9.10. The van der Waals surface area contributed by atoms with E-state index < -0.39 is 11.9 Å². The monoisotopic (exact) mass is 346 g/mol. The fourth-order valence-corrected chi connectivity index (χ4v) is 2.58. The van der Waals surface area contributed by atoms with Crippen LogP contribution in [-0.4, -0.2) is 14.9 Å². The molecular formula is C16H12BrFN2O. The van der Waals surface area contributed by atoms with Crippen molar-refractivity contribution in [3.8, 4) is 5.69 Å². The van der Waals surface area contributed by atoms with E-state index in [0.717, 1.165) is 5.69 Å². The lowest BCUT2D eigenvalue weighted by molar-refractivity contribution is 0.206. The number of aliphatic hydroxyl groups is 1. The van der Waals surface area contributed by atoms with Gasteiger partial charge in [0.1, 0.15) is 11.9 Å². The number of hydrogen-bond acceptors (Lipinski definition) is 2. The number of halogens is 2. The zero-order valence-corrected chi connectivity index (χ0v) is 12.5. The van der Waals surface area contributed by atoms with Gasteiger partial charge in [-0.1, -0.05) is 30.3 Å². The van der Waals surface area contributed by atoms with Crippen LogP contribution in [0.15, 0.2) is 65.3 Å². The summed E-state index contributed by atoms with van der Waals surface area (Å²) in [6, 6.07) is 15.9. The van der Waals surface area contributed by atoms with E-state index in [0.29, 0.717) is 10.2 Å². The number of aromatic nitrogens is 2. The molecule has 1 atom stereocenters. The summed E-state index contributed by atoms with van der Waals surface area (Å²) in [7, 11) is 0. The summed E-state index contributed by atoms with van der Waals surface area (Å²) >= 11 is 3.13. The van der Waals surface area contributed by atoms with Gasteiger partial charge in [-0.15, -0.1) is 0 Å². The van der Waals surface area contributed by atoms with Gasteiger partial charge in [-0.05, 0) is 40.2 Å². The van der Waals surface area contributed by atoms with Gasteiger partial charge in [-0.3, -0.25) is 0 Å². The van der Waals surface area contributed by atoms with E-state index in [1.54, 1.807) is 35.1 Å². The third-order valence-corrected chi connectivity index (χ3v) is 3.84. The van der Waals surface area contributed by atoms with Crippen LogP contribution in [0.4, 0.5) is 4.39 Å². The zero-order valence-electron chi connectivity index (χ0n) is 10.9. The first-order valence-corrected chi connectivity index (χ1v) is 7.19. The fourth-order valence-electron chi connectivity index (χ4n) is 2.20. The van der Waals surface area contributed by atoms with Crippen molar-refractivity contribution in [1.29, 1.82) is 0 Å². The molecule has 3 aromatic rings. The van der Waals surface area contributed by atoms with Crippen LogP contribution in [0.5, 0.6) is 0 Å². The van der Waals surface area contributed by atoms with Crippen molar-refractivity contribution in [2.45, 2.75) is 6.10 Å². The highest BCUT2D eigenvalue weighted by Gasteiger charge is 2.20. The predicted octanol–water partition coefficient (Wildman–Crippen LogP) is 3.86. The van der Waals surface area contributed by atoms with Gasteiger partial charge < -0.3 is 5.11 Å². The molecule has 1 unspecified atom stereocenters. The van der Waals surface area contributed by atoms with Crippen LogP contribution in [0.2, 0.25) is 0 Å². The number of benzene rings is 2. The standard InChI is InChI=1S/C16H12BrFN2O/c17-13-8-4-7-12(15(13)18)16(21)14-9-10-19-20(14)11-5-2-1-3-6-11/h1-10,16,21H. The average Bonchev–Trinajstić information content (AvgIpc) is 3.00. The van der Waals surface area contributed by atoms with Crippen LogP contribution in [0.25, 0.3) is 5.69 Å². The van der Waals surface area contributed by atoms with E-state index in [9.17, 15) is 9.50 Å². The molecule has 0 radical (unpaired) electrons. The molecule has 3 nitrogen and oxygen atoms in total. The van der Waals surface area contributed by atoms with Gasteiger partial charge in [0.15, 0.2) is 0 Å². The van der Waals surface area contributed by atoms with E-state index in [1.165, 1.54) is 0 Å². The minimum Gasteiger partial charge on any atom is -0.382 e. The molecule has 0 aliphatic carbocycles. The second-order valence-corrected chi connectivity index (χ2v) is 5.40. The molecule has 0 fully saturated rings. The Morgan fingerprint density at radius 1 is 1.05 bits per heavy atom. The van der Waals surface area contributed by atoms with Crippen molar-refractivity contribution in [3.63, 3.8) is 0 Å². The number of para-hydroxylation sites is 1. The first-order chi connectivity index (χ1) is 10.2. The largest absolute Gasteiger partial charge is 0.382 e. The van der Waals surface area contributed by atoms with E-state index in [1.807, 2.05) is 30.3 Å². The maximum Gasteiger partial charge on any atom is 0.143 e. The van der Waals surface area contributed by atoms with E-state index in [-0.39, 0.29) is 5.56 Å². The fraction of sp³-hybridized carbons (Fsp3) is 0.0625. The Balaban J connectivity index is 2.06. The smallest absolute Gasteiger partial charge is 0.143 e. The Hall–Kier alpha value is -1.98. The molecule has 0 aliphatic rings. The van der Waals surface area contributed by atoms with E-state index in [2.05, 4.69) is 21.0 Å². The molecule has 0 saturated heterocycles. The number of hydrogen-bond donors (Lipinski definition) is 1. The molecule has 5 heteroatoms. The third-order valence-electron chi connectivity index (χ3n) is 3.23. The number of aliphatic hydroxyl groups excluding tert-OH is 1. The van der Waals surface area contributed by atoms with Crippen LogP contribution < -0.4 is 0 Å². The topological polar surface area (TPSA) is 38.1 Å². The van der Waals surface area contributed by atoms with Crippen molar-refractivity contribution in [1.82, 2.24) is 9.78 Å². The molecule has 0 spiro atoms. The van der Waals surface area contributed by atoms with Crippen molar-refractivity contribution in [2.24, 2.45) is 0 Å². The Bertz CT molecular complexity index is 758. The molecule has 21 heavy (non-hydrogen) atoms. The van der Waals surface area contributed by atoms with Crippen molar-refractivity contribution in [2.75, 3.05) is 0 Å². The Labute approximate surface area is 129 Å². The molecule has 2 aromatic carbocycles. The van der Waals surface area contributed by atoms with Crippen LogP contribution in [0.3, 0.4) is 0 Å². The van der Waals surface area contributed by atoms with Crippen molar-refractivity contribution < 1.29 is 9.50 Å². The first kappa shape index (κ1) is 14.0. The van der Waals surface area contributed by atoms with Crippen molar-refractivity contribution in [3.05, 3.63) is 82.3 Å². The zero-order chi connectivity index (χ0) is 14.8. The Morgan fingerprint density at radius 2 is 1.81 bits per heavy atom. The lowest BCUT2D eigenvalue weighted by Crippen LogP contribution is -2.10. The van der Waals surface area contributed by atoms with E-state index in [4.69, 9.17) is 0 Å². The second kappa shape index (κ2) is 5.79. The molecular weight excluding hydrogens is 335 g/mol. The average molecular weight is 347 g/mol. The summed E-state index contributed by atoms with van der Waals surface area (Å²) in [4.78, 5) is 0. The Morgan fingerprint density at radius 3 is 2.57 bits per heavy atom. The normalized spacial score (nSPS) is 12.3. The third kappa shape index (κ3) is 2.62. The van der Waals surface area contributed by atoms with Gasteiger partial charge in [0, 0.05) is 11.8 Å². The van der Waals surface area contributed by atoms with Gasteiger partial charge in [-0.2, -0.15) is 5.10 Å². The summed E-state index contributed by atoms with van der Waals surface area (Å²) < 4.78 is 16.1. The van der Waals surface area contributed by atoms with Gasteiger partial charge in [-0.25, -0.2) is 9.07 Å². The first-order valence-electron chi connectivity index (χ1n) is 6.40. The molecule has 3 rings (SSSR count). The summed E-state index contributed by atoms with van der Waals surface area (Å²) in [6.07, 6.45) is 0.492. The van der Waals surface area contributed by atoms with Gasteiger partial charge in [0.05, 0.1) is 15.9 Å². The second-order valence-electron chi connectivity index (χ2n) is 4.55. The Kier molecular flexibility index (Phi) is 3.86. The lowest BCUT2D eigenvalue weighted by atomic mass is 10.1. The molecule has 0 aliphatic heterocycles. The van der Waals surface area contributed by atoms with Gasteiger partial charge >= 0.3 is 0 Å². The van der Waals surface area contributed by atoms with Gasteiger partial charge in [0.2, 0.25) is 0 Å². The molecule has 1 aromatic heterocycles. The summed E-state index contributed by atoms with van der Waals surface area (Å²) in [5.41, 5.74) is 1.53. The lowest BCUT2D eigenvalue weighted by Gasteiger charge is -2.15. The minimum atomic E-state index is -1.09. The van der Waals surface area contributed by atoms with Crippen LogP contribution in [-0.2, 0) is 0 Å². The molecule has 106 valence electrons. The van der Waals surface area contributed by atoms with Crippen LogP contribution >= 0.6 is 15.9 Å². The summed E-state index contributed by atoms with van der Waals surface area (Å²) in [6.45, 7) is 0. The number of nitrogens with zero attached hydrogens (tertiary/aromatic N) is 2. The SMILES string of the molecule is OC(c1cccc(Br)c1F)c1ccnn1-c1ccccc1. The quantitative estimate of drug-likeness (QED) is 0.781. The highest BCUT2D eigenvalue weighted by Crippen LogP contribution is 2.29. The minimum absolute atomic E-state index is 0.210. The molecule has 1 N–H and O–H groups in total. The summed E-state index contributed by atoms with van der Waals surface area (Å²) in [5.74, 6) is -0.467. The van der Waals surface area contributed by atoms with Crippen molar-refractivity contribution >= 4 is 15.9 Å². The predicted molar refractivity (Wildman–Crippen MR) is 81.7 cm³/mol.